The van der Waals surface area contributed by atoms with Gasteiger partial charge < -0.3 is 10.6 Å². The third kappa shape index (κ3) is 5.20. The lowest BCUT2D eigenvalue weighted by Crippen LogP contribution is -2.43. The van der Waals surface area contributed by atoms with Gasteiger partial charge in [0.15, 0.2) is 0 Å². The summed E-state index contributed by atoms with van der Waals surface area (Å²) in [5.41, 5.74) is 6.11. The van der Waals surface area contributed by atoms with Crippen LogP contribution in [0.2, 0.25) is 0 Å². The van der Waals surface area contributed by atoms with Gasteiger partial charge >= 0.3 is 6.03 Å². The zero-order chi connectivity index (χ0) is 13.6. The van der Waals surface area contributed by atoms with Gasteiger partial charge in [0.1, 0.15) is 0 Å². The van der Waals surface area contributed by atoms with E-state index in [0.717, 1.165) is 5.69 Å². The van der Waals surface area contributed by atoms with Crippen molar-refractivity contribution < 1.29 is 9.59 Å². The molecule has 98 valence electrons. The predicted octanol–water partition coefficient (Wildman–Crippen LogP) is 1.68. The second-order valence-electron chi connectivity index (χ2n) is 4.79. The Hall–Kier alpha value is -2.24. The average molecular weight is 250 g/mol. The van der Waals surface area contributed by atoms with E-state index in [2.05, 4.69) is 21.5 Å². The van der Waals surface area contributed by atoms with Gasteiger partial charge in [-0.05, 0) is 45.0 Å². The molecule has 0 radical (unpaired) electrons. The van der Waals surface area contributed by atoms with E-state index in [1.54, 1.807) is 24.3 Å². The lowest BCUT2D eigenvalue weighted by molar-refractivity contribution is -0.109. The largest absolute Gasteiger partial charge is 0.333 e. The molecule has 0 unspecified atom stereocenters. The molecule has 6 heteroatoms. The second kappa shape index (κ2) is 5.90. The molecule has 0 aliphatic carbocycles. The van der Waals surface area contributed by atoms with E-state index in [-0.39, 0.29) is 11.6 Å². The molecule has 0 spiro atoms. The van der Waals surface area contributed by atoms with Crippen LogP contribution in [0.3, 0.4) is 0 Å². The van der Waals surface area contributed by atoms with E-state index in [4.69, 9.17) is 0 Å². The Morgan fingerprint density at radius 3 is 2.17 bits per heavy atom. The van der Waals surface area contributed by atoms with E-state index < -0.39 is 0 Å². The minimum absolute atomic E-state index is 0.255. The summed E-state index contributed by atoms with van der Waals surface area (Å²) in [5, 5.41) is 5.51. The fourth-order valence-corrected chi connectivity index (χ4v) is 1.25. The number of carbonyl (C=O) groups is 2. The molecular formula is C12H18N4O2. The Morgan fingerprint density at radius 2 is 1.67 bits per heavy atom. The minimum Gasteiger partial charge on any atom is -0.333 e. The molecule has 1 aromatic rings. The van der Waals surface area contributed by atoms with Gasteiger partial charge in [-0.3, -0.25) is 15.6 Å². The highest BCUT2D eigenvalue weighted by molar-refractivity contribution is 5.89. The van der Waals surface area contributed by atoms with E-state index in [1.165, 1.54) is 0 Å². The molecule has 3 amide bonds. The number of hydrogen-bond acceptors (Lipinski definition) is 3. The third-order valence-corrected chi connectivity index (χ3v) is 1.91. The van der Waals surface area contributed by atoms with Crippen molar-refractivity contribution in [3.8, 4) is 0 Å². The minimum atomic E-state index is -0.278. The van der Waals surface area contributed by atoms with Crippen molar-refractivity contribution >= 4 is 23.8 Å². The monoisotopic (exact) mass is 250 g/mol. The summed E-state index contributed by atoms with van der Waals surface area (Å²) >= 11 is 0. The summed E-state index contributed by atoms with van der Waals surface area (Å²) < 4.78 is 0. The van der Waals surface area contributed by atoms with Crippen LogP contribution in [0.15, 0.2) is 24.3 Å². The van der Waals surface area contributed by atoms with Gasteiger partial charge in [-0.15, -0.1) is 0 Å². The Morgan fingerprint density at radius 1 is 1.11 bits per heavy atom. The van der Waals surface area contributed by atoms with Crippen LogP contribution in [0.5, 0.6) is 0 Å². The molecule has 0 atom stereocenters. The molecule has 0 saturated carbocycles. The molecule has 0 bridgehead atoms. The van der Waals surface area contributed by atoms with Crippen molar-refractivity contribution in [3.05, 3.63) is 24.3 Å². The lowest BCUT2D eigenvalue weighted by Gasteiger charge is -2.20. The van der Waals surface area contributed by atoms with Gasteiger partial charge in [0, 0.05) is 11.2 Å². The van der Waals surface area contributed by atoms with Crippen molar-refractivity contribution in [2.24, 2.45) is 0 Å². The molecule has 0 heterocycles. The van der Waals surface area contributed by atoms with Crippen molar-refractivity contribution in [1.29, 1.82) is 0 Å². The maximum Gasteiger partial charge on any atom is 0.319 e. The smallest absolute Gasteiger partial charge is 0.319 e. The van der Waals surface area contributed by atoms with Gasteiger partial charge in [-0.1, -0.05) is 0 Å². The molecule has 1 rings (SSSR count). The third-order valence-electron chi connectivity index (χ3n) is 1.91. The van der Waals surface area contributed by atoms with Crippen LogP contribution in [0, 0.1) is 0 Å². The number of nitrogens with one attached hydrogen (secondary N) is 4. The number of urea groups is 1. The molecular weight excluding hydrogens is 232 g/mol. The van der Waals surface area contributed by atoms with E-state index in [9.17, 15) is 9.59 Å². The first-order valence-electron chi connectivity index (χ1n) is 5.55. The van der Waals surface area contributed by atoms with Crippen LogP contribution in [0.25, 0.3) is 0 Å². The Labute approximate surface area is 106 Å². The Bertz CT molecular complexity index is 409. The number of rotatable bonds is 4. The summed E-state index contributed by atoms with van der Waals surface area (Å²) in [7, 11) is 0. The molecule has 0 aliphatic rings. The molecule has 18 heavy (non-hydrogen) atoms. The molecule has 6 nitrogen and oxygen atoms in total. The summed E-state index contributed by atoms with van der Waals surface area (Å²) in [6, 6.07) is 6.69. The maximum atomic E-state index is 11.6. The quantitative estimate of drug-likeness (QED) is 0.484. The van der Waals surface area contributed by atoms with Crippen LogP contribution in [-0.2, 0) is 4.79 Å². The normalized spacial score (nSPS) is 10.4. The highest BCUT2D eigenvalue weighted by Crippen LogP contribution is 2.12. The van der Waals surface area contributed by atoms with Crippen LogP contribution in [0.4, 0.5) is 16.2 Å². The number of anilines is 2. The SMILES string of the molecule is CC(C)(C)NC(=O)Nc1ccc(NNC=O)cc1. The van der Waals surface area contributed by atoms with E-state index in [0.29, 0.717) is 12.1 Å². The van der Waals surface area contributed by atoms with E-state index >= 15 is 0 Å². The van der Waals surface area contributed by atoms with Gasteiger partial charge in [0.25, 0.3) is 0 Å². The summed E-state index contributed by atoms with van der Waals surface area (Å²) in [6.07, 6.45) is 0.545. The predicted molar refractivity (Wildman–Crippen MR) is 71.2 cm³/mol. The lowest BCUT2D eigenvalue weighted by atomic mass is 10.1. The average Bonchev–Trinajstić information content (AvgIpc) is 2.25. The van der Waals surface area contributed by atoms with Gasteiger partial charge in [-0.2, -0.15) is 0 Å². The van der Waals surface area contributed by atoms with Gasteiger partial charge in [-0.25, -0.2) is 4.79 Å². The molecule has 4 N–H and O–H groups in total. The van der Waals surface area contributed by atoms with Crippen molar-refractivity contribution in [2.45, 2.75) is 26.3 Å². The first kappa shape index (κ1) is 13.8. The molecule has 0 saturated heterocycles. The topological polar surface area (TPSA) is 82.3 Å². The van der Waals surface area contributed by atoms with Gasteiger partial charge in [0.2, 0.25) is 6.41 Å². The number of carbonyl (C=O) groups excluding carboxylic acids is 2. The highest BCUT2D eigenvalue weighted by atomic mass is 16.2. The first-order valence-corrected chi connectivity index (χ1v) is 5.55. The second-order valence-corrected chi connectivity index (χ2v) is 4.79. The number of benzene rings is 1. The molecule has 0 fully saturated rings. The fraction of sp³-hybridized carbons (Fsp3) is 0.333. The van der Waals surface area contributed by atoms with E-state index in [1.807, 2.05) is 20.8 Å². The highest BCUT2D eigenvalue weighted by Gasteiger charge is 2.13. The van der Waals surface area contributed by atoms with Crippen molar-refractivity contribution in [3.63, 3.8) is 0 Å². The van der Waals surface area contributed by atoms with Crippen molar-refractivity contribution in [1.82, 2.24) is 10.7 Å². The number of hydrazine groups is 1. The zero-order valence-electron chi connectivity index (χ0n) is 10.7. The fourth-order valence-electron chi connectivity index (χ4n) is 1.25. The van der Waals surface area contributed by atoms with Crippen molar-refractivity contribution in [2.75, 3.05) is 10.7 Å². The summed E-state index contributed by atoms with van der Waals surface area (Å²) in [5.74, 6) is 0. The zero-order valence-corrected chi connectivity index (χ0v) is 10.7. The van der Waals surface area contributed by atoms with Crippen LogP contribution in [0.1, 0.15) is 20.8 Å². The Balaban J connectivity index is 2.53. The first-order chi connectivity index (χ1) is 8.40. The van der Waals surface area contributed by atoms with Gasteiger partial charge in [0.05, 0.1) is 5.69 Å². The van der Waals surface area contributed by atoms with Crippen LogP contribution in [-0.4, -0.2) is 18.0 Å². The molecule has 0 aromatic heterocycles. The maximum absolute atomic E-state index is 11.6. The summed E-state index contributed by atoms with van der Waals surface area (Å²) in [4.78, 5) is 21.7. The van der Waals surface area contributed by atoms with Crippen LogP contribution >= 0.6 is 0 Å². The number of amides is 3. The van der Waals surface area contributed by atoms with Crippen LogP contribution < -0.4 is 21.5 Å². The Kier molecular flexibility index (Phi) is 4.53. The molecule has 1 aromatic carbocycles. The standard InChI is InChI=1S/C12H18N4O2/c1-12(2,3)15-11(18)14-9-4-6-10(7-5-9)16-13-8-17/h4-8,16H,1-3H3,(H,13,17)(H2,14,15,18). The number of hydrogen-bond donors (Lipinski definition) is 4. The summed E-state index contributed by atoms with van der Waals surface area (Å²) in [6.45, 7) is 5.72. The molecule has 0 aliphatic heterocycles.